The number of fused-ring (bicyclic) bond motifs is 1. The molecule has 0 unspecified atom stereocenters. The van der Waals surface area contributed by atoms with E-state index in [1.807, 2.05) is 0 Å². The highest BCUT2D eigenvalue weighted by molar-refractivity contribution is 5.71. The second-order valence-corrected chi connectivity index (χ2v) is 7.85. The van der Waals surface area contributed by atoms with Gasteiger partial charge in [0, 0.05) is 24.3 Å². The van der Waals surface area contributed by atoms with Crippen molar-refractivity contribution in [1.29, 1.82) is 0 Å². The van der Waals surface area contributed by atoms with Crippen molar-refractivity contribution in [3.63, 3.8) is 0 Å². The summed E-state index contributed by atoms with van der Waals surface area (Å²) in [6.07, 6.45) is 2.47. The van der Waals surface area contributed by atoms with E-state index < -0.39 is 29.7 Å². The molecule has 2 rings (SSSR count). The van der Waals surface area contributed by atoms with Gasteiger partial charge in [0.1, 0.15) is 0 Å². The zero-order chi connectivity index (χ0) is 19.5. The highest BCUT2D eigenvalue weighted by Crippen LogP contribution is 2.59. The molecule has 0 aliphatic heterocycles. The van der Waals surface area contributed by atoms with Crippen molar-refractivity contribution >= 4 is 18.0 Å². The Morgan fingerprint density at radius 2 is 2.04 bits per heavy atom. The Hall–Kier alpha value is -2.05. The average molecular weight is 367 g/mol. The normalized spacial score (nSPS) is 27.8. The number of allylic oxidation sites excluding steroid dienone is 2. The van der Waals surface area contributed by atoms with Gasteiger partial charge in [-0.05, 0) is 31.6 Å². The number of carboxylic acid groups (broad SMARTS) is 1. The van der Waals surface area contributed by atoms with Crippen molar-refractivity contribution in [3.8, 4) is 0 Å². The first kappa shape index (κ1) is 20.3. The van der Waals surface area contributed by atoms with Crippen LogP contribution >= 0.6 is 0 Å². The highest BCUT2D eigenvalue weighted by atomic mass is 16.7. The highest BCUT2D eigenvalue weighted by Gasteiger charge is 2.55. The monoisotopic (exact) mass is 367 g/mol. The molecule has 0 aromatic carbocycles. The molecule has 0 radical (unpaired) electrons. The Morgan fingerprint density at radius 3 is 2.58 bits per heavy atom. The van der Waals surface area contributed by atoms with E-state index in [0.29, 0.717) is 5.92 Å². The van der Waals surface area contributed by atoms with Gasteiger partial charge in [0.15, 0.2) is 0 Å². The minimum Gasteiger partial charge on any atom is -0.481 e. The van der Waals surface area contributed by atoms with E-state index in [-0.39, 0.29) is 31.2 Å². The fourth-order valence-electron chi connectivity index (χ4n) is 4.07. The van der Waals surface area contributed by atoms with Crippen molar-refractivity contribution in [3.05, 3.63) is 11.6 Å². The largest absolute Gasteiger partial charge is 0.481 e. The van der Waals surface area contributed by atoms with Crippen LogP contribution in [0.4, 0.5) is 4.79 Å². The van der Waals surface area contributed by atoms with Gasteiger partial charge in [0.2, 0.25) is 0 Å². The molecule has 1 saturated carbocycles. The van der Waals surface area contributed by atoms with Crippen LogP contribution in [0.15, 0.2) is 11.6 Å². The number of carboxylic acids is 1. The number of esters is 1. The van der Waals surface area contributed by atoms with E-state index in [1.165, 1.54) is 5.57 Å². The maximum atomic E-state index is 12.2. The molecule has 0 heterocycles. The lowest BCUT2D eigenvalue weighted by Crippen LogP contribution is -2.53. The summed E-state index contributed by atoms with van der Waals surface area (Å²) in [5, 5.41) is 12.0. The zero-order valence-electron chi connectivity index (χ0n) is 15.9. The van der Waals surface area contributed by atoms with Crippen LogP contribution in [0.3, 0.4) is 0 Å². The Bertz CT molecular complexity index is 599. The minimum atomic E-state index is -0.958. The number of amides is 1. The second-order valence-electron chi connectivity index (χ2n) is 7.85. The zero-order valence-corrected chi connectivity index (χ0v) is 15.9. The Kier molecular flexibility index (Phi) is 6.31. The lowest BCUT2D eigenvalue weighted by Gasteiger charge is -2.51. The summed E-state index contributed by atoms with van der Waals surface area (Å²) in [6, 6.07) is 0. The molecule has 2 aliphatic rings. The molecule has 7 heteroatoms. The topological polar surface area (TPSA) is 102 Å². The van der Waals surface area contributed by atoms with Gasteiger partial charge in [0.05, 0.1) is 6.42 Å². The summed E-state index contributed by atoms with van der Waals surface area (Å²) in [4.78, 5) is 34.9. The molecule has 1 fully saturated rings. The number of carbonyl (C=O) groups excluding carboxylic acids is 2. The smallest absolute Gasteiger partial charge is 0.410 e. The van der Waals surface area contributed by atoms with Crippen LogP contribution in [0.2, 0.25) is 0 Å². The Balaban J connectivity index is 1.95. The molecule has 0 spiro atoms. The molecule has 0 aromatic rings. The second kappa shape index (κ2) is 8.10. The van der Waals surface area contributed by atoms with Crippen LogP contribution in [-0.4, -0.2) is 36.0 Å². The van der Waals surface area contributed by atoms with Crippen LogP contribution in [0.25, 0.3) is 0 Å². The first-order chi connectivity index (χ1) is 12.2. The SMILES string of the molecule is CCC(=O)O[C@H](OC(=O)NC[C@]1(CC(=O)O)C[C@@H]2CC(C)=C[C@H]21)C(C)C. The summed E-state index contributed by atoms with van der Waals surface area (Å²) in [5.41, 5.74) is 0.807. The molecule has 2 N–H and O–H groups in total. The molecule has 2 aliphatic carbocycles. The third-order valence-electron chi connectivity index (χ3n) is 5.32. The molecular formula is C19H29NO6. The molecule has 4 atom stereocenters. The number of rotatable bonds is 8. The van der Waals surface area contributed by atoms with Crippen LogP contribution in [0.1, 0.15) is 53.4 Å². The molecule has 7 nitrogen and oxygen atoms in total. The van der Waals surface area contributed by atoms with Gasteiger partial charge >= 0.3 is 18.0 Å². The van der Waals surface area contributed by atoms with Crippen LogP contribution < -0.4 is 5.32 Å². The molecule has 146 valence electrons. The van der Waals surface area contributed by atoms with Crippen molar-refractivity contribution in [2.45, 2.75) is 59.7 Å². The lowest BCUT2D eigenvalue weighted by molar-refractivity contribution is -0.174. The van der Waals surface area contributed by atoms with Crippen molar-refractivity contribution in [1.82, 2.24) is 5.32 Å². The third-order valence-corrected chi connectivity index (χ3v) is 5.32. The van der Waals surface area contributed by atoms with Crippen molar-refractivity contribution in [2.24, 2.45) is 23.2 Å². The Labute approximate surface area is 154 Å². The summed E-state index contributed by atoms with van der Waals surface area (Å²) in [7, 11) is 0. The van der Waals surface area contributed by atoms with Gasteiger partial charge in [-0.1, -0.05) is 32.4 Å². The molecule has 26 heavy (non-hydrogen) atoms. The number of alkyl carbamates (subject to hydrolysis) is 1. The quantitative estimate of drug-likeness (QED) is 0.388. The van der Waals surface area contributed by atoms with Gasteiger partial charge in [-0.15, -0.1) is 0 Å². The number of aliphatic carboxylic acids is 1. The number of hydrogen-bond donors (Lipinski definition) is 2. The number of ether oxygens (including phenoxy) is 2. The van der Waals surface area contributed by atoms with Gasteiger partial charge < -0.3 is 19.9 Å². The molecular weight excluding hydrogens is 338 g/mol. The molecule has 1 amide bonds. The lowest BCUT2D eigenvalue weighted by atomic mass is 9.53. The van der Waals surface area contributed by atoms with Crippen molar-refractivity contribution < 1.29 is 29.0 Å². The van der Waals surface area contributed by atoms with E-state index in [2.05, 4.69) is 18.3 Å². The van der Waals surface area contributed by atoms with E-state index in [9.17, 15) is 19.5 Å². The average Bonchev–Trinajstić information content (AvgIpc) is 2.86. The first-order valence-electron chi connectivity index (χ1n) is 9.20. The summed E-state index contributed by atoms with van der Waals surface area (Å²) >= 11 is 0. The summed E-state index contributed by atoms with van der Waals surface area (Å²) in [5.74, 6) is -0.836. The van der Waals surface area contributed by atoms with Gasteiger partial charge in [-0.3, -0.25) is 9.59 Å². The van der Waals surface area contributed by atoms with Gasteiger partial charge in [0.25, 0.3) is 6.29 Å². The first-order valence-corrected chi connectivity index (χ1v) is 9.20. The fraction of sp³-hybridized carbons (Fsp3) is 0.737. The van der Waals surface area contributed by atoms with Crippen LogP contribution in [0.5, 0.6) is 0 Å². The Morgan fingerprint density at radius 1 is 1.35 bits per heavy atom. The number of nitrogens with one attached hydrogen (secondary N) is 1. The maximum Gasteiger partial charge on any atom is 0.410 e. The maximum absolute atomic E-state index is 12.2. The van der Waals surface area contributed by atoms with Crippen LogP contribution in [-0.2, 0) is 19.1 Å². The van der Waals surface area contributed by atoms with Crippen molar-refractivity contribution in [2.75, 3.05) is 6.54 Å². The standard InChI is InChI=1S/C19H29NO6/c1-5-16(23)25-17(11(2)3)26-18(24)20-10-19(9-15(21)22)8-13-6-12(4)7-14(13)19/h7,11,13-14,17H,5-6,8-10H2,1-4H3,(H,20,24)(H,21,22)/t13-,14+,17+,19+/m0/s1. The molecule has 0 bridgehead atoms. The minimum absolute atomic E-state index is 0.0106. The predicted molar refractivity (Wildman–Crippen MR) is 94.1 cm³/mol. The van der Waals surface area contributed by atoms with Gasteiger partial charge in [-0.25, -0.2) is 4.79 Å². The summed E-state index contributed by atoms with van der Waals surface area (Å²) < 4.78 is 10.4. The summed E-state index contributed by atoms with van der Waals surface area (Å²) in [6.45, 7) is 7.53. The number of hydrogen-bond acceptors (Lipinski definition) is 5. The van der Waals surface area contributed by atoms with E-state index in [4.69, 9.17) is 9.47 Å². The van der Waals surface area contributed by atoms with Gasteiger partial charge in [-0.2, -0.15) is 0 Å². The predicted octanol–water partition coefficient (Wildman–Crippen LogP) is 3.10. The third kappa shape index (κ3) is 4.56. The van der Waals surface area contributed by atoms with E-state index >= 15 is 0 Å². The number of carbonyl (C=O) groups is 3. The molecule has 0 saturated heterocycles. The van der Waals surface area contributed by atoms with E-state index in [0.717, 1.165) is 12.8 Å². The van der Waals surface area contributed by atoms with Crippen LogP contribution in [0, 0.1) is 23.2 Å². The fourth-order valence-corrected chi connectivity index (χ4v) is 4.07. The van der Waals surface area contributed by atoms with E-state index in [1.54, 1.807) is 20.8 Å². The molecule has 0 aromatic heterocycles.